The van der Waals surface area contributed by atoms with Gasteiger partial charge in [0.2, 0.25) is 5.91 Å². The van der Waals surface area contributed by atoms with E-state index in [1.165, 1.54) is 0 Å². The highest BCUT2D eigenvalue weighted by Gasteiger charge is 2.16. The average molecular weight is 321 g/mol. The molecule has 0 spiro atoms. The summed E-state index contributed by atoms with van der Waals surface area (Å²) in [6.45, 7) is 3.62. The van der Waals surface area contributed by atoms with Crippen LogP contribution in [0.1, 0.15) is 24.1 Å². The van der Waals surface area contributed by atoms with Crippen LogP contribution in [0, 0.1) is 6.92 Å². The van der Waals surface area contributed by atoms with Crippen LogP contribution in [0.4, 0.5) is 0 Å². The summed E-state index contributed by atoms with van der Waals surface area (Å²) in [4.78, 5) is 11.8. The Balaban J connectivity index is 0.00000361. The number of aryl methyl sites for hydroxylation is 1. The third-order valence-corrected chi connectivity index (χ3v) is 4.58. The maximum Gasteiger partial charge on any atom is 0.241 e. The summed E-state index contributed by atoms with van der Waals surface area (Å²) in [6, 6.07) is 6.57. The molecule has 0 heterocycles. The number of halogens is 1. The minimum Gasteiger partial charge on any atom is -0.353 e. The van der Waals surface area contributed by atoms with E-state index in [4.69, 9.17) is 5.73 Å². The number of benzene rings is 1. The summed E-state index contributed by atoms with van der Waals surface area (Å²) < 4.78 is 22.6. The van der Waals surface area contributed by atoms with E-state index >= 15 is 0 Å². The van der Waals surface area contributed by atoms with E-state index in [1.54, 1.807) is 19.1 Å². The monoisotopic (exact) mass is 320 g/mol. The van der Waals surface area contributed by atoms with Crippen LogP contribution in [0.25, 0.3) is 0 Å². The van der Waals surface area contributed by atoms with Gasteiger partial charge in [0, 0.05) is 12.3 Å². The van der Waals surface area contributed by atoms with Crippen LogP contribution < -0.4 is 11.1 Å². The lowest BCUT2D eigenvalue weighted by Gasteiger charge is -2.12. The topological polar surface area (TPSA) is 89.3 Å². The molecule has 0 radical (unpaired) electrons. The molecule has 0 bridgehead atoms. The van der Waals surface area contributed by atoms with Crippen LogP contribution in [-0.4, -0.2) is 32.4 Å². The Hall–Kier alpha value is -1.11. The average Bonchev–Trinajstić information content (AvgIpc) is 2.38. The second-order valence-corrected chi connectivity index (χ2v) is 6.89. The van der Waals surface area contributed by atoms with Crippen molar-refractivity contribution in [2.45, 2.75) is 19.9 Å². The first-order valence-corrected chi connectivity index (χ1v) is 7.98. The molecule has 114 valence electrons. The maximum absolute atomic E-state index is 11.8. The number of amides is 1. The Morgan fingerprint density at radius 3 is 2.35 bits per heavy atom. The SMILES string of the molecule is CCS(=O)(=O)CCNC(=O)C(N)c1ccc(C)cc1.Cl. The number of carbonyl (C=O) groups excluding carboxylic acids is 1. The summed E-state index contributed by atoms with van der Waals surface area (Å²) in [5.41, 5.74) is 7.61. The zero-order valence-electron chi connectivity index (χ0n) is 11.6. The third kappa shape index (κ3) is 5.90. The van der Waals surface area contributed by atoms with Gasteiger partial charge in [-0.15, -0.1) is 12.4 Å². The first-order valence-electron chi connectivity index (χ1n) is 6.16. The van der Waals surface area contributed by atoms with Gasteiger partial charge in [-0.3, -0.25) is 4.79 Å². The molecule has 1 aromatic carbocycles. The summed E-state index contributed by atoms with van der Waals surface area (Å²) in [5.74, 6) is -0.349. The quantitative estimate of drug-likeness (QED) is 0.817. The first kappa shape index (κ1) is 18.9. The van der Waals surface area contributed by atoms with Gasteiger partial charge in [0.05, 0.1) is 5.75 Å². The Labute approximate surface area is 126 Å². The molecule has 1 aromatic rings. The van der Waals surface area contributed by atoms with E-state index < -0.39 is 15.9 Å². The molecule has 0 saturated heterocycles. The van der Waals surface area contributed by atoms with Gasteiger partial charge in [0.1, 0.15) is 6.04 Å². The molecule has 0 fully saturated rings. The molecular formula is C13H21ClN2O3S. The van der Waals surface area contributed by atoms with Crippen LogP contribution in [0.2, 0.25) is 0 Å². The van der Waals surface area contributed by atoms with Gasteiger partial charge < -0.3 is 11.1 Å². The number of carbonyl (C=O) groups is 1. The van der Waals surface area contributed by atoms with Gasteiger partial charge in [-0.25, -0.2) is 8.42 Å². The lowest BCUT2D eigenvalue weighted by molar-refractivity contribution is -0.122. The van der Waals surface area contributed by atoms with Gasteiger partial charge in [0.15, 0.2) is 9.84 Å². The maximum atomic E-state index is 11.8. The second-order valence-electron chi connectivity index (χ2n) is 4.42. The summed E-state index contributed by atoms with van der Waals surface area (Å²) in [7, 11) is -3.07. The number of nitrogens with two attached hydrogens (primary N) is 1. The van der Waals surface area contributed by atoms with Crippen molar-refractivity contribution >= 4 is 28.2 Å². The second kappa shape index (κ2) is 8.24. The lowest BCUT2D eigenvalue weighted by Crippen LogP contribution is -2.36. The minimum atomic E-state index is -3.07. The van der Waals surface area contributed by atoms with Crippen molar-refractivity contribution < 1.29 is 13.2 Å². The Kier molecular flexibility index (Phi) is 7.78. The lowest BCUT2D eigenvalue weighted by atomic mass is 10.1. The molecule has 0 aliphatic heterocycles. The van der Waals surface area contributed by atoms with Crippen molar-refractivity contribution in [1.29, 1.82) is 0 Å². The van der Waals surface area contributed by atoms with Crippen LogP contribution in [-0.2, 0) is 14.6 Å². The number of hydrogen-bond donors (Lipinski definition) is 2. The fraction of sp³-hybridized carbons (Fsp3) is 0.462. The largest absolute Gasteiger partial charge is 0.353 e. The fourth-order valence-electron chi connectivity index (χ4n) is 1.51. The van der Waals surface area contributed by atoms with Gasteiger partial charge in [0.25, 0.3) is 0 Å². The molecule has 1 atom stereocenters. The van der Waals surface area contributed by atoms with Crippen molar-refractivity contribution in [2.75, 3.05) is 18.1 Å². The van der Waals surface area contributed by atoms with Crippen LogP contribution >= 0.6 is 12.4 Å². The van der Waals surface area contributed by atoms with Gasteiger partial charge >= 0.3 is 0 Å². The summed E-state index contributed by atoms with van der Waals surface area (Å²) in [5, 5.41) is 2.54. The zero-order valence-corrected chi connectivity index (χ0v) is 13.3. The number of hydrogen-bond acceptors (Lipinski definition) is 4. The van der Waals surface area contributed by atoms with Gasteiger partial charge in [-0.1, -0.05) is 36.8 Å². The zero-order chi connectivity index (χ0) is 14.5. The number of rotatable bonds is 6. The summed E-state index contributed by atoms with van der Waals surface area (Å²) >= 11 is 0. The van der Waals surface area contributed by atoms with Gasteiger partial charge in [-0.05, 0) is 12.5 Å². The van der Waals surface area contributed by atoms with E-state index in [1.807, 2.05) is 19.1 Å². The van der Waals surface area contributed by atoms with Crippen LogP contribution in [0.3, 0.4) is 0 Å². The van der Waals surface area contributed by atoms with Crippen molar-refractivity contribution in [3.05, 3.63) is 35.4 Å². The highest BCUT2D eigenvalue weighted by atomic mass is 35.5. The highest BCUT2D eigenvalue weighted by molar-refractivity contribution is 7.91. The smallest absolute Gasteiger partial charge is 0.241 e. The Morgan fingerprint density at radius 2 is 1.85 bits per heavy atom. The van der Waals surface area contributed by atoms with E-state index in [-0.39, 0.29) is 36.4 Å². The molecule has 20 heavy (non-hydrogen) atoms. The van der Waals surface area contributed by atoms with Crippen LogP contribution in [0.15, 0.2) is 24.3 Å². The molecule has 5 nitrogen and oxygen atoms in total. The summed E-state index contributed by atoms with van der Waals surface area (Å²) in [6.07, 6.45) is 0. The van der Waals surface area contributed by atoms with Crippen LogP contribution in [0.5, 0.6) is 0 Å². The van der Waals surface area contributed by atoms with E-state index in [0.29, 0.717) is 5.56 Å². The van der Waals surface area contributed by atoms with E-state index in [0.717, 1.165) is 5.56 Å². The molecule has 0 saturated carbocycles. The van der Waals surface area contributed by atoms with Crippen molar-refractivity contribution in [2.24, 2.45) is 5.73 Å². The third-order valence-electron chi connectivity index (χ3n) is 2.87. The van der Waals surface area contributed by atoms with E-state index in [9.17, 15) is 13.2 Å². The molecule has 1 rings (SSSR count). The van der Waals surface area contributed by atoms with Crippen molar-refractivity contribution in [3.63, 3.8) is 0 Å². The molecular weight excluding hydrogens is 300 g/mol. The molecule has 0 aromatic heterocycles. The molecule has 7 heteroatoms. The predicted molar refractivity (Wildman–Crippen MR) is 82.7 cm³/mol. The van der Waals surface area contributed by atoms with Crippen molar-refractivity contribution in [3.8, 4) is 0 Å². The highest BCUT2D eigenvalue weighted by Crippen LogP contribution is 2.11. The molecule has 1 unspecified atom stereocenters. The normalized spacial score (nSPS) is 12.3. The predicted octanol–water partition coefficient (Wildman–Crippen LogP) is 0.968. The first-order chi connectivity index (χ1) is 8.85. The van der Waals surface area contributed by atoms with Crippen molar-refractivity contribution in [1.82, 2.24) is 5.32 Å². The standard InChI is InChI=1S/C13H20N2O3S.ClH/c1-3-19(17,18)9-8-15-13(16)12(14)11-6-4-10(2)5-7-11;/h4-7,12H,3,8-9,14H2,1-2H3,(H,15,16);1H. The molecule has 3 N–H and O–H groups in total. The number of sulfone groups is 1. The minimum absolute atomic E-state index is 0. The fourth-order valence-corrected chi connectivity index (χ4v) is 2.21. The Morgan fingerprint density at radius 1 is 1.30 bits per heavy atom. The van der Waals surface area contributed by atoms with Gasteiger partial charge in [-0.2, -0.15) is 0 Å². The van der Waals surface area contributed by atoms with E-state index in [2.05, 4.69) is 5.32 Å². The molecule has 1 amide bonds. The molecule has 0 aliphatic carbocycles. The molecule has 0 aliphatic rings. The Bertz CT molecular complexity index is 529. The number of nitrogens with one attached hydrogen (secondary N) is 1.